The van der Waals surface area contributed by atoms with Gasteiger partial charge in [-0.05, 0) is 46.5 Å². The number of aromatic nitrogens is 1. The summed E-state index contributed by atoms with van der Waals surface area (Å²) in [5, 5.41) is 0. The molecule has 0 N–H and O–H groups in total. The molecule has 0 fully saturated rings. The van der Waals surface area contributed by atoms with Crippen LogP contribution in [0.1, 0.15) is 17.5 Å². The van der Waals surface area contributed by atoms with Crippen molar-refractivity contribution in [2.24, 2.45) is 0 Å². The summed E-state index contributed by atoms with van der Waals surface area (Å²) in [5.74, 6) is 1.61. The van der Waals surface area contributed by atoms with E-state index >= 15 is 0 Å². The molecule has 5 nitrogen and oxygen atoms in total. The van der Waals surface area contributed by atoms with Crippen LogP contribution in [0.3, 0.4) is 0 Å². The third-order valence-electron chi connectivity index (χ3n) is 5.57. The fourth-order valence-electron chi connectivity index (χ4n) is 4.04. The molecule has 2 aliphatic rings. The summed E-state index contributed by atoms with van der Waals surface area (Å²) in [5.41, 5.74) is 6.49. The zero-order valence-electron chi connectivity index (χ0n) is 15.9. The fraction of sp³-hybridized carbons (Fsp3) is 0.208. The first-order valence-electron chi connectivity index (χ1n) is 9.96. The summed E-state index contributed by atoms with van der Waals surface area (Å²) >= 11 is 0. The molecule has 0 saturated carbocycles. The highest BCUT2D eigenvalue weighted by atomic mass is 16.5. The third kappa shape index (κ3) is 2.90. The van der Waals surface area contributed by atoms with Crippen molar-refractivity contribution in [2.75, 3.05) is 18.1 Å². The van der Waals surface area contributed by atoms with E-state index in [9.17, 15) is 0 Å². The Hall–Kier alpha value is -3.47. The number of hydrogen-bond acceptors (Lipinski definition) is 5. The second-order valence-corrected chi connectivity index (χ2v) is 7.52. The zero-order valence-corrected chi connectivity index (χ0v) is 15.9. The molecule has 6 rings (SSSR count). The summed E-state index contributed by atoms with van der Waals surface area (Å²) in [7, 11) is 0. The predicted octanol–water partition coefficient (Wildman–Crippen LogP) is 5.18. The third-order valence-corrected chi connectivity index (χ3v) is 5.57. The van der Waals surface area contributed by atoms with Crippen molar-refractivity contribution in [2.45, 2.75) is 19.5 Å². The monoisotopic (exact) mass is 384 g/mol. The summed E-state index contributed by atoms with van der Waals surface area (Å²) < 4.78 is 17.6. The Morgan fingerprint density at radius 1 is 0.759 bits per heavy atom. The van der Waals surface area contributed by atoms with E-state index in [1.807, 2.05) is 18.2 Å². The van der Waals surface area contributed by atoms with Crippen molar-refractivity contribution in [3.8, 4) is 22.6 Å². The van der Waals surface area contributed by atoms with Crippen molar-refractivity contribution >= 4 is 17.1 Å². The van der Waals surface area contributed by atoms with Crippen LogP contribution in [-0.2, 0) is 13.1 Å². The molecule has 3 heterocycles. The standard InChI is InChI=1S/C24H20N2O3/c1-2-5-19-15-26(14-18(19)4-1)24-25-20-12-16(6-8-21(20)29-24)17-7-9-22-23(13-17)28-11-3-10-27-22/h1-2,4-9,12-13H,3,10-11,14-15H2. The molecule has 0 unspecified atom stereocenters. The van der Waals surface area contributed by atoms with E-state index in [4.69, 9.17) is 18.9 Å². The molecular weight excluding hydrogens is 364 g/mol. The summed E-state index contributed by atoms with van der Waals surface area (Å²) in [6.07, 6.45) is 0.901. The molecule has 0 amide bonds. The van der Waals surface area contributed by atoms with Crippen molar-refractivity contribution in [3.63, 3.8) is 0 Å². The van der Waals surface area contributed by atoms with Gasteiger partial charge in [-0.25, -0.2) is 0 Å². The number of ether oxygens (including phenoxy) is 2. The van der Waals surface area contributed by atoms with Gasteiger partial charge in [0.1, 0.15) is 5.52 Å². The maximum Gasteiger partial charge on any atom is 0.298 e. The lowest BCUT2D eigenvalue weighted by atomic mass is 10.0. The minimum atomic E-state index is 0.673. The second kappa shape index (κ2) is 6.55. The summed E-state index contributed by atoms with van der Waals surface area (Å²) in [6.45, 7) is 3.04. The lowest BCUT2D eigenvalue weighted by molar-refractivity contribution is 0.297. The molecule has 0 saturated heterocycles. The topological polar surface area (TPSA) is 47.7 Å². The molecule has 29 heavy (non-hydrogen) atoms. The van der Waals surface area contributed by atoms with E-state index in [0.717, 1.165) is 53.2 Å². The number of fused-ring (bicyclic) bond motifs is 3. The van der Waals surface area contributed by atoms with E-state index in [-0.39, 0.29) is 0 Å². The first-order chi connectivity index (χ1) is 14.3. The molecule has 0 spiro atoms. The quantitative estimate of drug-likeness (QED) is 0.477. The van der Waals surface area contributed by atoms with Gasteiger partial charge >= 0.3 is 0 Å². The van der Waals surface area contributed by atoms with Crippen LogP contribution < -0.4 is 14.4 Å². The van der Waals surface area contributed by atoms with Crippen molar-refractivity contribution in [1.29, 1.82) is 0 Å². The molecule has 0 atom stereocenters. The highest BCUT2D eigenvalue weighted by Gasteiger charge is 2.23. The van der Waals surface area contributed by atoms with Crippen LogP contribution in [0.15, 0.2) is 65.1 Å². The first-order valence-corrected chi connectivity index (χ1v) is 9.96. The molecular formula is C24H20N2O3. The Labute approximate surface area is 168 Å². The zero-order chi connectivity index (χ0) is 19.2. The molecule has 0 aliphatic carbocycles. The van der Waals surface area contributed by atoms with Gasteiger partial charge in [0.05, 0.1) is 13.2 Å². The first kappa shape index (κ1) is 16.5. The molecule has 4 aromatic rings. The maximum absolute atomic E-state index is 6.05. The van der Waals surface area contributed by atoms with Gasteiger partial charge in [0.25, 0.3) is 6.01 Å². The molecule has 1 aromatic heterocycles. The van der Waals surface area contributed by atoms with Gasteiger partial charge in [0, 0.05) is 19.5 Å². The van der Waals surface area contributed by atoms with E-state index in [1.165, 1.54) is 11.1 Å². The van der Waals surface area contributed by atoms with E-state index in [0.29, 0.717) is 19.2 Å². The Morgan fingerprint density at radius 3 is 2.31 bits per heavy atom. The smallest absolute Gasteiger partial charge is 0.298 e. The van der Waals surface area contributed by atoms with E-state index in [1.54, 1.807) is 0 Å². The maximum atomic E-state index is 6.05. The normalized spacial score (nSPS) is 15.4. The van der Waals surface area contributed by atoms with E-state index < -0.39 is 0 Å². The number of oxazole rings is 1. The largest absolute Gasteiger partial charge is 0.490 e. The Kier molecular flexibility index (Phi) is 3.72. The Balaban J connectivity index is 1.33. The Morgan fingerprint density at radius 2 is 1.48 bits per heavy atom. The number of hydrogen-bond donors (Lipinski definition) is 0. The molecule has 2 aliphatic heterocycles. The van der Waals surface area contributed by atoms with Gasteiger partial charge in [-0.15, -0.1) is 0 Å². The van der Waals surface area contributed by atoms with Gasteiger partial charge < -0.3 is 18.8 Å². The second-order valence-electron chi connectivity index (χ2n) is 7.52. The number of nitrogens with zero attached hydrogens (tertiary/aromatic N) is 2. The number of anilines is 1. The van der Waals surface area contributed by atoms with Gasteiger partial charge in [0.15, 0.2) is 17.1 Å². The van der Waals surface area contributed by atoms with Gasteiger partial charge in [-0.2, -0.15) is 4.98 Å². The van der Waals surface area contributed by atoms with Gasteiger partial charge in [-0.3, -0.25) is 0 Å². The highest BCUT2D eigenvalue weighted by Crippen LogP contribution is 2.36. The van der Waals surface area contributed by atoms with Crippen LogP contribution in [-0.4, -0.2) is 18.2 Å². The molecule has 5 heteroatoms. The lowest BCUT2D eigenvalue weighted by Gasteiger charge is -2.10. The van der Waals surface area contributed by atoms with Crippen LogP contribution in [0.5, 0.6) is 11.5 Å². The van der Waals surface area contributed by atoms with Gasteiger partial charge in [0.2, 0.25) is 0 Å². The summed E-state index contributed by atoms with van der Waals surface area (Å²) in [4.78, 5) is 6.95. The van der Waals surface area contributed by atoms with Crippen LogP contribution >= 0.6 is 0 Å². The van der Waals surface area contributed by atoms with Crippen molar-refractivity contribution in [3.05, 3.63) is 71.8 Å². The molecule has 144 valence electrons. The molecule has 0 bridgehead atoms. The predicted molar refractivity (Wildman–Crippen MR) is 111 cm³/mol. The number of rotatable bonds is 2. The van der Waals surface area contributed by atoms with Crippen LogP contribution in [0.2, 0.25) is 0 Å². The van der Waals surface area contributed by atoms with Gasteiger partial charge in [-0.1, -0.05) is 36.4 Å². The van der Waals surface area contributed by atoms with Crippen molar-refractivity contribution in [1.82, 2.24) is 4.98 Å². The number of benzene rings is 3. The highest BCUT2D eigenvalue weighted by molar-refractivity contribution is 5.82. The van der Waals surface area contributed by atoms with Crippen LogP contribution in [0.4, 0.5) is 6.01 Å². The average molecular weight is 384 g/mol. The molecule has 3 aromatic carbocycles. The van der Waals surface area contributed by atoms with Crippen molar-refractivity contribution < 1.29 is 13.9 Å². The SMILES string of the molecule is c1ccc2c(c1)CN(c1nc3cc(-c4ccc5c(c4)OCCCO5)ccc3o1)C2. The molecule has 0 radical (unpaired) electrons. The minimum absolute atomic E-state index is 0.673. The Bertz CT molecular complexity index is 1190. The van der Waals surface area contributed by atoms with E-state index in [2.05, 4.69) is 47.4 Å². The van der Waals surface area contributed by atoms with Crippen LogP contribution in [0.25, 0.3) is 22.2 Å². The minimum Gasteiger partial charge on any atom is -0.490 e. The van der Waals surface area contributed by atoms with Crippen LogP contribution in [0, 0.1) is 0 Å². The fourth-order valence-corrected chi connectivity index (χ4v) is 4.04. The lowest BCUT2D eigenvalue weighted by Crippen LogP contribution is -2.14. The average Bonchev–Trinajstić information content (AvgIpc) is 3.30. The summed E-state index contributed by atoms with van der Waals surface area (Å²) in [6, 6.07) is 21.4.